The summed E-state index contributed by atoms with van der Waals surface area (Å²) in [6.07, 6.45) is -3.96. The molecule has 0 spiro atoms. The van der Waals surface area contributed by atoms with Crippen molar-refractivity contribution in [2.75, 3.05) is 17.2 Å². The molecule has 3 rings (SSSR count). The summed E-state index contributed by atoms with van der Waals surface area (Å²) in [5, 5.41) is 5.88. The van der Waals surface area contributed by atoms with Crippen LogP contribution in [-0.4, -0.2) is 16.5 Å². The monoisotopic (exact) mass is 390 g/mol. The Morgan fingerprint density at radius 1 is 0.964 bits per heavy atom. The Bertz CT molecular complexity index is 957. The number of nitrogens with one attached hydrogen (secondary N) is 2. The largest absolute Gasteiger partial charge is 0.416 e. The summed E-state index contributed by atoms with van der Waals surface area (Å²) in [6.45, 7) is 2.20. The first kappa shape index (κ1) is 19.6. The van der Waals surface area contributed by atoms with Crippen LogP contribution < -0.4 is 10.6 Å². The van der Waals surface area contributed by atoms with Crippen LogP contribution in [0.15, 0.2) is 54.6 Å². The molecule has 1 heterocycles. The number of nitrogens with zero attached hydrogens (tertiary/aromatic N) is 2. The van der Waals surface area contributed by atoms with Gasteiger partial charge in [-0.15, -0.1) is 0 Å². The van der Waals surface area contributed by atoms with Gasteiger partial charge in [0.25, 0.3) is 0 Å². The Morgan fingerprint density at radius 2 is 1.75 bits per heavy atom. The van der Waals surface area contributed by atoms with Crippen molar-refractivity contribution in [2.45, 2.75) is 19.5 Å². The van der Waals surface area contributed by atoms with Crippen LogP contribution in [0.1, 0.15) is 16.8 Å². The molecular weight excluding hydrogens is 372 g/mol. The fraction of sp³-hybridized carbons (Fsp3) is 0.200. The molecule has 0 aliphatic carbocycles. The molecule has 4 nitrogen and oxygen atoms in total. The third-order valence-corrected chi connectivity index (χ3v) is 3.96. The first-order valence-corrected chi connectivity index (χ1v) is 8.58. The molecule has 0 bridgehead atoms. The quantitative estimate of drug-likeness (QED) is 0.558. The van der Waals surface area contributed by atoms with Crippen molar-refractivity contribution in [2.24, 2.45) is 0 Å². The van der Waals surface area contributed by atoms with Gasteiger partial charge in [0, 0.05) is 24.0 Å². The number of aromatic nitrogens is 2. The van der Waals surface area contributed by atoms with Crippen LogP contribution in [0, 0.1) is 12.7 Å². The minimum absolute atomic E-state index is 0.174. The molecule has 1 aromatic heterocycles. The lowest BCUT2D eigenvalue weighted by molar-refractivity contribution is -0.137. The molecule has 0 radical (unpaired) electrons. The third-order valence-electron chi connectivity index (χ3n) is 3.96. The molecule has 28 heavy (non-hydrogen) atoms. The molecule has 0 aliphatic heterocycles. The molecule has 0 aliphatic rings. The van der Waals surface area contributed by atoms with E-state index in [1.54, 1.807) is 31.2 Å². The molecule has 0 unspecified atom stereocenters. The lowest BCUT2D eigenvalue weighted by Gasteiger charge is -2.12. The van der Waals surface area contributed by atoms with Gasteiger partial charge in [0.2, 0.25) is 5.95 Å². The Morgan fingerprint density at radius 3 is 2.50 bits per heavy atom. The van der Waals surface area contributed by atoms with E-state index in [-0.39, 0.29) is 17.5 Å². The fourth-order valence-corrected chi connectivity index (χ4v) is 2.64. The minimum atomic E-state index is -4.43. The van der Waals surface area contributed by atoms with Gasteiger partial charge >= 0.3 is 6.18 Å². The van der Waals surface area contributed by atoms with Crippen molar-refractivity contribution in [3.05, 3.63) is 77.2 Å². The van der Waals surface area contributed by atoms with Crippen LogP contribution in [0.3, 0.4) is 0 Å². The van der Waals surface area contributed by atoms with Crippen LogP contribution in [0.25, 0.3) is 0 Å². The highest BCUT2D eigenvalue weighted by atomic mass is 19.4. The highest BCUT2D eigenvalue weighted by molar-refractivity contribution is 5.56. The Labute approximate surface area is 159 Å². The maximum absolute atomic E-state index is 13.7. The lowest BCUT2D eigenvalue weighted by Crippen LogP contribution is -2.10. The summed E-state index contributed by atoms with van der Waals surface area (Å²) in [4.78, 5) is 8.46. The zero-order chi connectivity index (χ0) is 20.1. The molecule has 0 saturated heterocycles. The van der Waals surface area contributed by atoms with Gasteiger partial charge in [-0.2, -0.15) is 18.2 Å². The van der Waals surface area contributed by atoms with Crippen molar-refractivity contribution >= 4 is 17.5 Å². The maximum atomic E-state index is 13.7. The molecule has 3 aromatic rings. The number of anilines is 3. The van der Waals surface area contributed by atoms with Crippen LogP contribution in [0.2, 0.25) is 0 Å². The SMILES string of the molecule is Cc1cc(NCCc2ccccc2F)nc(Nc2cccc(C(F)(F)F)c2)n1. The number of hydrogen-bond donors (Lipinski definition) is 2. The number of alkyl halides is 3. The van der Waals surface area contributed by atoms with E-state index in [0.717, 1.165) is 12.1 Å². The molecule has 146 valence electrons. The van der Waals surface area contributed by atoms with Gasteiger partial charge in [0.1, 0.15) is 11.6 Å². The van der Waals surface area contributed by atoms with Gasteiger partial charge in [-0.25, -0.2) is 9.37 Å². The standard InChI is InChI=1S/C20H18F4N4/c1-13-11-18(25-10-9-14-5-2-3-8-17(14)21)28-19(26-13)27-16-7-4-6-15(12-16)20(22,23)24/h2-8,11-12H,9-10H2,1H3,(H2,25,26,27,28). The minimum Gasteiger partial charge on any atom is -0.370 e. The Balaban J connectivity index is 1.69. The van der Waals surface area contributed by atoms with Gasteiger partial charge in [-0.05, 0) is 43.2 Å². The van der Waals surface area contributed by atoms with Gasteiger partial charge in [-0.3, -0.25) is 0 Å². The summed E-state index contributed by atoms with van der Waals surface area (Å²) in [5.41, 5.74) is 0.701. The Hall–Kier alpha value is -3.16. The number of benzene rings is 2. The molecule has 8 heteroatoms. The highest BCUT2D eigenvalue weighted by Crippen LogP contribution is 2.31. The smallest absolute Gasteiger partial charge is 0.370 e. The van der Waals surface area contributed by atoms with Crippen LogP contribution in [0.5, 0.6) is 0 Å². The molecule has 2 N–H and O–H groups in total. The number of aryl methyl sites for hydroxylation is 1. The van der Waals surface area contributed by atoms with Crippen molar-refractivity contribution in [3.8, 4) is 0 Å². The van der Waals surface area contributed by atoms with Crippen LogP contribution in [0.4, 0.5) is 35.0 Å². The average molecular weight is 390 g/mol. The van der Waals surface area contributed by atoms with Crippen molar-refractivity contribution in [1.29, 1.82) is 0 Å². The van der Waals surface area contributed by atoms with Gasteiger partial charge < -0.3 is 10.6 Å². The molecule has 0 atom stereocenters. The van der Waals surface area contributed by atoms with E-state index in [4.69, 9.17) is 0 Å². The van der Waals surface area contributed by atoms with Crippen LogP contribution >= 0.6 is 0 Å². The van der Waals surface area contributed by atoms with E-state index < -0.39 is 11.7 Å². The molecule has 2 aromatic carbocycles. The first-order valence-electron chi connectivity index (χ1n) is 8.58. The van der Waals surface area contributed by atoms with Gasteiger partial charge in [-0.1, -0.05) is 24.3 Å². The molecule has 0 amide bonds. The normalized spacial score (nSPS) is 11.3. The fourth-order valence-electron chi connectivity index (χ4n) is 2.64. The van der Waals surface area contributed by atoms with E-state index in [1.165, 1.54) is 18.2 Å². The predicted octanol–water partition coefficient (Wildman–Crippen LogP) is 5.34. The van der Waals surface area contributed by atoms with E-state index in [2.05, 4.69) is 20.6 Å². The van der Waals surface area contributed by atoms with Gasteiger partial charge in [0.15, 0.2) is 0 Å². The third kappa shape index (κ3) is 5.18. The summed E-state index contributed by atoms with van der Waals surface area (Å²) in [7, 11) is 0. The summed E-state index contributed by atoms with van der Waals surface area (Å²) in [6, 6.07) is 13.0. The second-order valence-corrected chi connectivity index (χ2v) is 6.19. The average Bonchev–Trinajstić information content (AvgIpc) is 2.62. The molecule has 0 fully saturated rings. The van der Waals surface area contributed by atoms with Gasteiger partial charge in [0.05, 0.1) is 5.56 Å². The van der Waals surface area contributed by atoms with E-state index in [0.29, 0.717) is 30.0 Å². The number of rotatable bonds is 6. The second-order valence-electron chi connectivity index (χ2n) is 6.19. The van der Waals surface area contributed by atoms with Crippen LogP contribution in [-0.2, 0) is 12.6 Å². The van der Waals surface area contributed by atoms with E-state index in [9.17, 15) is 17.6 Å². The predicted molar refractivity (Wildman–Crippen MR) is 100 cm³/mol. The second kappa shape index (κ2) is 8.24. The number of hydrogen-bond acceptors (Lipinski definition) is 4. The summed E-state index contributed by atoms with van der Waals surface area (Å²) >= 11 is 0. The maximum Gasteiger partial charge on any atom is 0.416 e. The molecule has 0 saturated carbocycles. The lowest BCUT2D eigenvalue weighted by atomic mass is 10.1. The zero-order valence-corrected chi connectivity index (χ0v) is 15.0. The Kier molecular flexibility index (Phi) is 5.77. The molecular formula is C20H18F4N4. The topological polar surface area (TPSA) is 49.8 Å². The zero-order valence-electron chi connectivity index (χ0n) is 15.0. The van der Waals surface area contributed by atoms with Crippen molar-refractivity contribution < 1.29 is 17.6 Å². The summed E-state index contributed by atoms with van der Waals surface area (Å²) < 4.78 is 52.2. The first-order chi connectivity index (χ1) is 13.3. The van der Waals surface area contributed by atoms with Crippen molar-refractivity contribution in [1.82, 2.24) is 9.97 Å². The number of halogens is 4. The highest BCUT2D eigenvalue weighted by Gasteiger charge is 2.30. The van der Waals surface area contributed by atoms with E-state index in [1.807, 2.05) is 0 Å². The van der Waals surface area contributed by atoms with Crippen molar-refractivity contribution in [3.63, 3.8) is 0 Å². The summed E-state index contributed by atoms with van der Waals surface area (Å²) in [5.74, 6) is 0.404. The van der Waals surface area contributed by atoms with E-state index >= 15 is 0 Å².